The second-order valence-corrected chi connectivity index (χ2v) is 13.6. The van der Waals surface area contributed by atoms with Crippen molar-refractivity contribution in [3.05, 3.63) is 60.7 Å². The largest absolute Gasteiger partial charge is 0.404 e. The molecule has 3 heteroatoms. The molecule has 2 bridgehead atoms. The van der Waals surface area contributed by atoms with Gasteiger partial charge in [0, 0.05) is 18.0 Å². The minimum absolute atomic E-state index is 0.0622. The van der Waals surface area contributed by atoms with E-state index >= 15 is 0 Å². The summed E-state index contributed by atoms with van der Waals surface area (Å²) in [5.41, 5.74) is 0. The molecule has 4 unspecified atom stereocenters. The van der Waals surface area contributed by atoms with Gasteiger partial charge in [-0.1, -0.05) is 88.4 Å². The van der Waals surface area contributed by atoms with Gasteiger partial charge in [0.1, 0.15) is 0 Å². The van der Waals surface area contributed by atoms with Crippen LogP contribution in [0.5, 0.6) is 0 Å². The number of nitrogens with one attached hydrogen (secondary N) is 1. The third kappa shape index (κ3) is 3.20. The van der Waals surface area contributed by atoms with E-state index in [2.05, 4.69) is 93.7 Å². The molecule has 1 saturated carbocycles. The van der Waals surface area contributed by atoms with Gasteiger partial charge in [-0.2, -0.15) is 0 Å². The molecule has 2 nitrogen and oxygen atoms in total. The maximum absolute atomic E-state index is 7.40. The second-order valence-electron chi connectivity index (χ2n) is 9.33. The van der Waals surface area contributed by atoms with E-state index in [1.165, 1.54) is 23.2 Å². The van der Waals surface area contributed by atoms with Crippen molar-refractivity contribution in [3.63, 3.8) is 0 Å². The van der Waals surface area contributed by atoms with Crippen molar-refractivity contribution in [1.29, 1.82) is 0 Å². The van der Waals surface area contributed by atoms with Crippen LogP contribution in [-0.2, 0) is 4.43 Å². The summed E-state index contributed by atoms with van der Waals surface area (Å²) in [6, 6.07) is 23.4. The van der Waals surface area contributed by atoms with Crippen LogP contribution in [0.25, 0.3) is 0 Å². The van der Waals surface area contributed by atoms with Gasteiger partial charge in [-0.05, 0) is 34.7 Å². The lowest BCUT2D eigenvalue weighted by Gasteiger charge is -2.46. The number of rotatable bonds is 5. The van der Waals surface area contributed by atoms with Gasteiger partial charge in [-0.15, -0.1) is 0 Å². The summed E-state index contributed by atoms with van der Waals surface area (Å²) in [5.74, 6) is 0.654. The fraction of sp³-hybridized carbons (Fsp3) is 0.500. The van der Waals surface area contributed by atoms with E-state index in [0.29, 0.717) is 24.1 Å². The molecule has 2 fully saturated rings. The lowest BCUT2D eigenvalue weighted by molar-refractivity contribution is 0.109. The first kappa shape index (κ1) is 18.9. The van der Waals surface area contributed by atoms with Gasteiger partial charge in [0.25, 0.3) is 8.32 Å². The molecule has 1 aliphatic carbocycles. The molecule has 0 radical (unpaired) electrons. The van der Waals surface area contributed by atoms with Crippen LogP contribution in [-0.4, -0.2) is 26.5 Å². The van der Waals surface area contributed by atoms with Crippen molar-refractivity contribution in [1.82, 2.24) is 5.32 Å². The number of piperidine rings is 1. The topological polar surface area (TPSA) is 21.3 Å². The van der Waals surface area contributed by atoms with Crippen LogP contribution < -0.4 is 15.7 Å². The minimum atomic E-state index is -2.42. The zero-order valence-corrected chi connectivity index (χ0v) is 18.1. The Morgan fingerprint density at radius 1 is 0.926 bits per heavy atom. The normalized spacial score (nSPS) is 27.9. The van der Waals surface area contributed by atoms with Gasteiger partial charge in [-0.25, -0.2) is 0 Å². The molecule has 2 aromatic carbocycles. The van der Waals surface area contributed by atoms with Gasteiger partial charge >= 0.3 is 0 Å². The van der Waals surface area contributed by atoms with Crippen LogP contribution in [0.1, 0.15) is 47.0 Å². The molecule has 27 heavy (non-hydrogen) atoms. The molecule has 2 aromatic rings. The minimum Gasteiger partial charge on any atom is -0.404 e. The van der Waals surface area contributed by atoms with Crippen LogP contribution in [0.2, 0.25) is 5.04 Å². The average Bonchev–Trinajstić information content (AvgIpc) is 3.26. The van der Waals surface area contributed by atoms with Crippen LogP contribution in [0.15, 0.2) is 60.7 Å². The molecule has 2 aliphatic rings. The lowest BCUT2D eigenvalue weighted by Crippen LogP contribution is -2.68. The summed E-state index contributed by atoms with van der Waals surface area (Å²) in [7, 11) is -2.42. The molecule has 4 atom stereocenters. The molecular formula is C24H33NOSi. The first-order chi connectivity index (χ1) is 13.0. The molecule has 1 N–H and O–H groups in total. The maximum Gasteiger partial charge on any atom is 0.261 e. The van der Waals surface area contributed by atoms with Gasteiger partial charge < -0.3 is 9.74 Å². The fourth-order valence-corrected chi connectivity index (χ4v) is 10.2. The molecule has 4 rings (SSSR count). The summed E-state index contributed by atoms with van der Waals surface area (Å²) in [6.45, 7) is 9.43. The second kappa shape index (κ2) is 7.19. The standard InChI is InChI=1S/C24H33NOSi/c1-5-22-21-16-18(25-22)17-23(21)26-27(24(2,3)4,19-12-8-6-9-13-19)20-14-10-7-11-15-20/h6-15,18,21-23,25H,5,16-17H2,1-4H3. The highest BCUT2D eigenvalue weighted by Crippen LogP contribution is 2.44. The lowest BCUT2D eigenvalue weighted by atomic mass is 9.95. The average molecular weight is 380 g/mol. The van der Waals surface area contributed by atoms with Crippen LogP contribution in [0.3, 0.4) is 0 Å². The highest BCUT2D eigenvalue weighted by molar-refractivity contribution is 6.99. The Bertz CT molecular complexity index is 715. The third-order valence-electron chi connectivity index (χ3n) is 6.70. The monoisotopic (exact) mass is 379 g/mol. The summed E-state index contributed by atoms with van der Waals surface area (Å²) < 4.78 is 7.40. The van der Waals surface area contributed by atoms with Gasteiger partial charge in [0.15, 0.2) is 0 Å². The van der Waals surface area contributed by atoms with Gasteiger partial charge in [0.2, 0.25) is 0 Å². The van der Waals surface area contributed by atoms with Crippen molar-refractivity contribution in [2.24, 2.45) is 5.92 Å². The van der Waals surface area contributed by atoms with E-state index in [-0.39, 0.29) is 5.04 Å². The number of hydrogen-bond acceptors (Lipinski definition) is 2. The highest BCUT2D eigenvalue weighted by Gasteiger charge is 2.55. The molecule has 1 aliphatic heterocycles. The van der Waals surface area contributed by atoms with Crippen molar-refractivity contribution in [3.8, 4) is 0 Å². The maximum atomic E-state index is 7.40. The quantitative estimate of drug-likeness (QED) is 0.790. The molecule has 0 amide bonds. The third-order valence-corrected chi connectivity index (χ3v) is 11.8. The SMILES string of the molecule is CCC1NC2CC(O[Si](c3ccccc3)(c3ccccc3)C(C)(C)C)C1C2. The summed E-state index contributed by atoms with van der Waals surface area (Å²) in [6.07, 6.45) is 4.00. The van der Waals surface area contributed by atoms with E-state index in [1.807, 2.05) is 0 Å². The van der Waals surface area contributed by atoms with Crippen molar-refractivity contribution < 1.29 is 4.43 Å². The van der Waals surface area contributed by atoms with Crippen molar-refractivity contribution in [2.75, 3.05) is 0 Å². The Labute approximate surface area is 165 Å². The number of fused-ring (bicyclic) bond motifs is 2. The first-order valence-electron chi connectivity index (χ1n) is 10.5. The van der Waals surface area contributed by atoms with E-state index in [1.54, 1.807) is 0 Å². The molecular weight excluding hydrogens is 346 g/mol. The summed E-state index contributed by atoms with van der Waals surface area (Å²) in [4.78, 5) is 0. The Hall–Kier alpha value is -1.42. The summed E-state index contributed by atoms with van der Waals surface area (Å²) in [5, 5.41) is 6.66. The highest BCUT2D eigenvalue weighted by atomic mass is 28.4. The zero-order chi connectivity index (χ0) is 19.1. The van der Waals surface area contributed by atoms with Crippen LogP contribution in [0.4, 0.5) is 0 Å². The van der Waals surface area contributed by atoms with Crippen LogP contribution >= 0.6 is 0 Å². The molecule has 1 saturated heterocycles. The Balaban J connectivity index is 1.81. The van der Waals surface area contributed by atoms with Crippen molar-refractivity contribution >= 4 is 18.7 Å². The van der Waals surface area contributed by atoms with E-state index < -0.39 is 8.32 Å². The summed E-state index contributed by atoms with van der Waals surface area (Å²) >= 11 is 0. The predicted molar refractivity (Wildman–Crippen MR) is 116 cm³/mol. The number of benzene rings is 2. The first-order valence-corrected chi connectivity index (χ1v) is 12.4. The predicted octanol–water partition coefficient (Wildman–Crippen LogP) is 4.09. The molecule has 1 heterocycles. The van der Waals surface area contributed by atoms with E-state index in [0.717, 1.165) is 6.42 Å². The van der Waals surface area contributed by atoms with Crippen LogP contribution in [0, 0.1) is 5.92 Å². The zero-order valence-electron chi connectivity index (χ0n) is 17.1. The van der Waals surface area contributed by atoms with Crippen molar-refractivity contribution in [2.45, 2.75) is 70.2 Å². The van der Waals surface area contributed by atoms with E-state index in [4.69, 9.17) is 4.43 Å². The van der Waals surface area contributed by atoms with E-state index in [9.17, 15) is 0 Å². The Morgan fingerprint density at radius 2 is 1.48 bits per heavy atom. The Kier molecular flexibility index (Phi) is 5.04. The Morgan fingerprint density at radius 3 is 1.93 bits per heavy atom. The van der Waals surface area contributed by atoms with Gasteiger partial charge in [0.05, 0.1) is 6.10 Å². The molecule has 0 spiro atoms. The number of hydrogen-bond donors (Lipinski definition) is 1. The fourth-order valence-electron chi connectivity index (χ4n) is 5.49. The molecule has 0 aromatic heterocycles. The molecule has 144 valence electrons. The van der Waals surface area contributed by atoms with Gasteiger partial charge in [-0.3, -0.25) is 0 Å². The smallest absolute Gasteiger partial charge is 0.261 e.